The Hall–Kier alpha value is -1.53. The van der Waals surface area contributed by atoms with Crippen molar-refractivity contribution in [1.82, 2.24) is 0 Å². The van der Waals surface area contributed by atoms with Crippen molar-refractivity contribution in [1.29, 1.82) is 0 Å². The lowest BCUT2D eigenvalue weighted by Crippen LogP contribution is -2.12. The Bertz CT molecular complexity index is 466. The van der Waals surface area contributed by atoms with Crippen LogP contribution in [0, 0.1) is 16.0 Å². The average molecular weight is 305 g/mol. The second-order valence-electron chi connectivity index (χ2n) is 4.93. The first kappa shape index (κ1) is 18.5. The van der Waals surface area contributed by atoms with Crippen LogP contribution >= 0.6 is 12.4 Å². The van der Waals surface area contributed by atoms with E-state index in [9.17, 15) is 15.2 Å². The van der Waals surface area contributed by atoms with E-state index in [0.717, 1.165) is 12.8 Å². The number of phenolic OH excluding ortho intramolecular Hbond substituents is 1. The number of nitro groups is 1. The van der Waals surface area contributed by atoms with Gasteiger partial charge in [-0.3, -0.25) is 10.1 Å². The fourth-order valence-corrected chi connectivity index (χ4v) is 1.80. The van der Waals surface area contributed by atoms with Crippen LogP contribution in [-0.2, 0) is 0 Å². The summed E-state index contributed by atoms with van der Waals surface area (Å²) >= 11 is 0. The maximum atomic E-state index is 10.9. The molecular weight excluding hydrogens is 284 g/mol. The monoisotopic (exact) mass is 304 g/mol. The van der Waals surface area contributed by atoms with Crippen LogP contribution < -0.4 is 10.5 Å². The quantitative estimate of drug-likeness (QED) is 0.621. The number of ether oxygens (including phenoxy) is 1. The van der Waals surface area contributed by atoms with E-state index in [1.807, 2.05) is 0 Å². The Morgan fingerprint density at radius 3 is 2.45 bits per heavy atom. The fourth-order valence-electron chi connectivity index (χ4n) is 1.80. The first-order valence-electron chi connectivity index (χ1n) is 6.17. The smallest absolute Gasteiger partial charge is 0.314 e. The van der Waals surface area contributed by atoms with Crippen LogP contribution in [-0.4, -0.2) is 17.1 Å². The summed E-state index contributed by atoms with van der Waals surface area (Å²) in [6.45, 7) is 4.18. The Morgan fingerprint density at radius 1 is 1.40 bits per heavy atom. The number of hydrogen-bond donors (Lipinski definition) is 2. The van der Waals surface area contributed by atoms with Crippen molar-refractivity contribution in [3.05, 3.63) is 27.8 Å². The van der Waals surface area contributed by atoms with Crippen LogP contribution in [0.25, 0.3) is 0 Å². The van der Waals surface area contributed by atoms with Crippen molar-refractivity contribution in [2.45, 2.75) is 32.7 Å². The number of rotatable bonds is 6. The lowest BCUT2D eigenvalue weighted by molar-refractivity contribution is -0.386. The van der Waals surface area contributed by atoms with E-state index >= 15 is 0 Å². The van der Waals surface area contributed by atoms with Gasteiger partial charge in [0.1, 0.15) is 0 Å². The first-order chi connectivity index (χ1) is 8.86. The van der Waals surface area contributed by atoms with E-state index < -0.39 is 10.7 Å². The van der Waals surface area contributed by atoms with Crippen molar-refractivity contribution in [2.75, 3.05) is 7.11 Å². The summed E-state index contributed by atoms with van der Waals surface area (Å²) in [6, 6.07) is 2.55. The van der Waals surface area contributed by atoms with Gasteiger partial charge >= 0.3 is 5.69 Å². The minimum Gasteiger partial charge on any atom is -0.500 e. The summed E-state index contributed by atoms with van der Waals surface area (Å²) in [7, 11) is 1.35. The zero-order valence-corrected chi connectivity index (χ0v) is 12.6. The zero-order valence-electron chi connectivity index (χ0n) is 11.8. The third kappa shape index (κ3) is 4.54. The van der Waals surface area contributed by atoms with Crippen molar-refractivity contribution in [3.63, 3.8) is 0 Å². The van der Waals surface area contributed by atoms with Gasteiger partial charge in [-0.05, 0) is 30.4 Å². The molecule has 20 heavy (non-hydrogen) atoms. The molecule has 0 bridgehead atoms. The molecule has 3 N–H and O–H groups in total. The zero-order chi connectivity index (χ0) is 14.6. The number of phenols is 1. The van der Waals surface area contributed by atoms with Crippen LogP contribution in [0.15, 0.2) is 12.1 Å². The number of nitrogens with two attached hydrogens (primary N) is 1. The van der Waals surface area contributed by atoms with Gasteiger partial charge in [0.15, 0.2) is 5.75 Å². The molecule has 0 amide bonds. The second-order valence-corrected chi connectivity index (χ2v) is 4.93. The predicted octanol–water partition coefficient (Wildman–Crippen LogP) is 3.17. The molecule has 1 aromatic rings. The minimum atomic E-state index is -0.642. The Morgan fingerprint density at radius 2 is 2.00 bits per heavy atom. The molecule has 1 atom stereocenters. The van der Waals surface area contributed by atoms with Gasteiger partial charge in [-0.25, -0.2) is 0 Å². The standard InChI is InChI=1S/C13H20N2O4.ClH/c1-8(2)4-5-10(14)9-6-11(15(17)18)13(16)12(7-9)19-3;/h6-8,10,16H,4-5,14H2,1-3H3;1H/t10-;/m0./s1. The third-order valence-electron chi connectivity index (χ3n) is 2.98. The second kappa shape index (κ2) is 7.91. The molecule has 0 aliphatic rings. The SMILES string of the molecule is COc1cc([C@@H](N)CCC(C)C)cc([N+](=O)[O-])c1O.Cl. The summed E-state index contributed by atoms with van der Waals surface area (Å²) < 4.78 is 4.94. The van der Waals surface area contributed by atoms with Crippen molar-refractivity contribution in [2.24, 2.45) is 11.7 Å². The summed E-state index contributed by atoms with van der Waals surface area (Å²) in [6.07, 6.45) is 1.65. The third-order valence-corrected chi connectivity index (χ3v) is 2.98. The van der Waals surface area contributed by atoms with Crippen molar-refractivity contribution >= 4 is 18.1 Å². The number of aromatic hydroxyl groups is 1. The Balaban J connectivity index is 0.00000361. The number of hydrogen-bond acceptors (Lipinski definition) is 5. The average Bonchev–Trinajstić information content (AvgIpc) is 2.35. The van der Waals surface area contributed by atoms with Gasteiger partial charge < -0.3 is 15.6 Å². The van der Waals surface area contributed by atoms with E-state index in [-0.39, 0.29) is 29.9 Å². The van der Waals surface area contributed by atoms with Crippen LogP contribution in [0.1, 0.15) is 38.3 Å². The van der Waals surface area contributed by atoms with Crippen LogP contribution in [0.2, 0.25) is 0 Å². The molecule has 114 valence electrons. The topological polar surface area (TPSA) is 98.6 Å². The van der Waals surface area contributed by atoms with Crippen LogP contribution in [0.3, 0.4) is 0 Å². The maximum absolute atomic E-state index is 10.9. The highest BCUT2D eigenvalue weighted by molar-refractivity contribution is 5.85. The Labute approximate surface area is 124 Å². The molecule has 0 aliphatic heterocycles. The molecule has 0 heterocycles. The van der Waals surface area contributed by atoms with Crippen LogP contribution in [0.5, 0.6) is 11.5 Å². The minimum absolute atomic E-state index is 0. The number of nitrogens with zero attached hydrogens (tertiary/aromatic N) is 1. The van der Waals surface area contributed by atoms with E-state index in [1.54, 1.807) is 6.07 Å². The molecule has 0 fully saturated rings. The van der Waals surface area contributed by atoms with E-state index in [0.29, 0.717) is 11.5 Å². The van der Waals surface area contributed by atoms with E-state index in [2.05, 4.69) is 13.8 Å². The van der Waals surface area contributed by atoms with Gasteiger partial charge in [-0.2, -0.15) is 0 Å². The molecule has 0 aliphatic carbocycles. The molecular formula is C13H21ClN2O4. The normalized spacial score (nSPS) is 11.8. The molecule has 1 rings (SSSR count). The number of nitro benzene ring substituents is 1. The number of halogens is 1. The largest absolute Gasteiger partial charge is 0.500 e. The molecule has 0 radical (unpaired) electrons. The van der Waals surface area contributed by atoms with Gasteiger partial charge in [0.05, 0.1) is 12.0 Å². The van der Waals surface area contributed by atoms with Gasteiger partial charge in [0.25, 0.3) is 0 Å². The molecule has 0 unspecified atom stereocenters. The predicted molar refractivity (Wildman–Crippen MR) is 79.6 cm³/mol. The molecule has 0 saturated heterocycles. The van der Waals surface area contributed by atoms with Gasteiger partial charge in [0, 0.05) is 12.1 Å². The number of methoxy groups -OCH3 is 1. The maximum Gasteiger partial charge on any atom is 0.314 e. The molecule has 6 nitrogen and oxygen atoms in total. The molecule has 0 spiro atoms. The van der Waals surface area contributed by atoms with E-state index in [1.165, 1.54) is 13.2 Å². The summed E-state index contributed by atoms with van der Waals surface area (Å²) in [5, 5.41) is 20.6. The lowest BCUT2D eigenvalue weighted by Gasteiger charge is -2.15. The molecule has 0 aromatic heterocycles. The van der Waals surface area contributed by atoms with Crippen molar-refractivity contribution < 1.29 is 14.8 Å². The van der Waals surface area contributed by atoms with Gasteiger partial charge in [-0.1, -0.05) is 13.8 Å². The molecule has 1 aromatic carbocycles. The van der Waals surface area contributed by atoms with Crippen molar-refractivity contribution in [3.8, 4) is 11.5 Å². The Kier molecular flexibility index (Phi) is 7.31. The summed E-state index contributed by atoms with van der Waals surface area (Å²) in [5.74, 6) is 0.122. The van der Waals surface area contributed by atoms with Gasteiger partial charge in [0.2, 0.25) is 5.75 Å². The first-order valence-corrected chi connectivity index (χ1v) is 6.17. The fraction of sp³-hybridized carbons (Fsp3) is 0.538. The van der Waals surface area contributed by atoms with E-state index in [4.69, 9.17) is 10.5 Å². The van der Waals surface area contributed by atoms with Crippen LogP contribution in [0.4, 0.5) is 5.69 Å². The highest BCUT2D eigenvalue weighted by atomic mass is 35.5. The summed E-state index contributed by atoms with van der Waals surface area (Å²) in [5.41, 5.74) is 6.25. The lowest BCUT2D eigenvalue weighted by atomic mass is 9.97. The van der Waals surface area contributed by atoms with Gasteiger partial charge in [-0.15, -0.1) is 12.4 Å². The summed E-state index contributed by atoms with van der Waals surface area (Å²) in [4.78, 5) is 10.2. The number of benzene rings is 1. The highest BCUT2D eigenvalue weighted by Gasteiger charge is 2.22. The molecule has 0 saturated carbocycles. The highest BCUT2D eigenvalue weighted by Crippen LogP contribution is 2.38. The molecule has 7 heteroatoms.